The molecular formula is C25H33N3O3. The van der Waals surface area contributed by atoms with E-state index in [1.54, 1.807) is 13.2 Å². The quantitative estimate of drug-likeness (QED) is 0.698. The van der Waals surface area contributed by atoms with Gasteiger partial charge in [-0.25, -0.2) is 0 Å². The Bertz CT molecular complexity index is 901. The molecule has 6 nitrogen and oxygen atoms in total. The molecule has 6 heteroatoms. The summed E-state index contributed by atoms with van der Waals surface area (Å²) in [5.41, 5.74) is 3.06. The molecule has 0 saturated carbocycles. The summed E-state index contributed by atoms with van der Waals surface area (Å²) >= 11 is 0. The number of benzene rings is 2. The summed E-state index contributed by atoms with van der Waals surface area (Å²) in [5.74, 6) is 1.23. The first-order valence-corrected chi connectivity index (χ1v) is 11.0. The van der Waals surface area contributed by atoms with E-state index in [0.29, 0.717) is 17.2 Å². The third kappa shape index (κ3) is 6.23. The van der Waals surface area contributed by atoms with Crippen LogP contribution < -0.4 is 20.3 Å². The van der Waals surface area contributed by atoms with Gasteiger partial charge in [0.1, 0.15) is 5.75 Å². The molecule has 1 saturated heterocycles. The van der Waals surface area contributed by atoms with E-state index in [4.69, 9.17) is 4.74 Å². The van der Waals surface area contributed by atoms with Crippen molar-refractivity contribution in [3.63, 3.8) is 0 Å². The van der Waals surface area contributed by atoms with Crippen molar-refractivity contribution in [1.29, 1.82) is 0 Å². The van der Waals surface area contributed by atoms with Crippen molar-refractivity contribution in [2.45, 2.75) is 46.1 Å². The van der Waals surface area contributed by atoms with Crippen LogP contribution in [0.25, 0.3) is 0 Å². The van der Waals surface area contributed by atoms with Gasteiger partial charge in [0, 0.05) is 30.5 Å². The molecule has 0 aliphatic carbocycles. The first kappa shape index (κ1) is 22.7. The molecule has 31 heavy (non-hydrogen) atoms. The number of nitrogens with zero attached hydrogens (tertiary/aromatic N) is 1. The number of ether oxygens (including phenoxy) is 1. The Morgan fingerprint density at radius 2 is 1.77 bits per heavy atom. The molecule has 1 aliphatic rings. The molecule has 1 fully saturated rings. The molecule has 0 bridgehead atoms. The summed E-state index contributed by atoms with van der Waals surface area (Å²) in [6.07, 6.45) is 2.49. The highest BCUT2D eigenvalue weighted by Crippen LogP contribution is 2.29. The monoisotopic (exact) mass is 423 g/mol. The molecule has 2 aromatic rings. The van der Waals surface area contributed by atoms with Crippen LogP contribution in [0.3, 0.4) is 0 Å². The molecule has 1 aliphatic heterocycles. The number of hydrogen-bond acceptors (Lipinski definition) is 4. The van der Waals surface area contributed by atoms with Crippen molar-refractivity contribution in [2.24, 2.45) is 5.92 Å². The minimum absolute atomic E-state index is 0.0371. The van der Waals surface area contributed by atoms with Crippen LogP contribution in [0.15, 0.2) is 42.5 Å². The van der Waals surface area contributed by atoms with Crippen molar-refractivity contribution in [3.8, 4) is 5.75 Å². The molecule has 0 unspecified atom stereocenters. The third-order valence-electron chi connectivity index (χ3n) is 5.59. The number of carbonyl (C=O) groups excluding carboxylic acids is 2. The van der Waals surface area contributed by atoms with E-state index in [-0.39, 0.29) is 24.3 Å². The Hall–Kier alpha value is -3.02. The average Bonchev–Trinajstić information content (AvgIpc) is 2.74. The Kier molecular flexibility index (Phi) is 7.55. The second-order valence-electron chi connectivity index (χ2n) is 8.60. The summed E-state index contributed by atoms with van der Waals surface area (Å²) in [6, 6.07) is 13.1. The molecule has 0 radical (unpaired) electrons. The average molecular weight is 424 g/mol. The summed E-state index contributed by atoms with van der Waals surface area (Å²) in [7, 11) is 1.61. The molecule has 3 rings (SSSR count). The van der Waals surface area contributed by atoms with Crippen LogP contribution >= 0.6 is 0 Å². The molecule has 2 N–H and O–H groups in total. The highest BCUT2D eigenvalue weighted by atomic mass is 16.5. The van der Waals surface area contributed by atoms with Gasteiger partial charge < -0.3 is 20.3 Å². The van der Waals surface area contributed by atoms with E-state index in [2.05, 4.69) is 22.5 Å². The summed E-state index contributed by atoms with van der Waals surface area (Å²) in [5, 5.41) is 5.92. The lowest BCUT2D eigenvalue weighted by Gasteiger charge is -2.33. The van der Waals surface area contributed by atoms with E-state index in [1.807, 2.05) is 50.2 Å². The van der Waals surface area contributed by atoms with E-state index >= 15 is 0 Å². The van der Waals surface area contributed by atoms with E-state index in [0.717, 1.165) is 42.9 Å². The molecule has 166 valence electrons. The largest absolute Gasteiger partial charge is 0.497 e. The maximum absolute atomic E-state index is 12.9. The van der Waals surface area contributed by atoms with Crippen LogP contribution in [-0.4, -0.2) is 38.1 Å². The fraction of sp³-hybridized carbons (Fsp3) is 0.440. The predicted octanol–water partition coefficient (Wildman–Crippen LogP) is 4.25. The molecular weight excluding hydrogens is 390 g/mol. The maximum atomic E-state index is 12.9. The first-order chi connectivity index (χ1) is 14.9. The smallest absolute Gasteiger partial charge is 0.253 e. The summed E-state index contributed by atoms with van der Waals surface area (Å²) < 4.78 is 5.16. The zero-order valence-corrected chi connectivity index (χ0v) is 18.9. The minimum Gasteiger partial charge on any atom is -0.497 e. The van der Waals surface area contributed by atoms with Gasteiger partial charge in [-0.15, -0.1) is 0 Å². The number of rotatable bonds is 7. The van der Waals surface area contributed by atoms with E-state index in [1.165, 1.54) is 0 Å². The lowest BCUT2D eigenvalue weighted by Crippen LogP contribution is -2.36. The van der Waals surface area contributed by atoms with Crippen LogP contribution in [-0.2, 0) is 11.2 Å². The lowest BCUT2D eigenvalue weighted by molar-refractivity contribution is -0.115. The number of anilines is 2. The number of carbonyl (C=O) groups is 2. The predicted molar refractivity (Wildman–Crippen MR) is 125 cm³/mol. The topological polar surface area (TPSA) is 70.7 Å². The molecule has 0 aromatic heterocycles. The second-order valence-corrected chi connectivity index (χ2v) is 8.60. The first-order valence-electron chi connectivity index (χ1n) is 11.0. The normalized spacial score (nSPS) is 14.4. The highest BCUT2D eigenvalue weighted by molar-refractivity contribution is 6.02. The SMILES string of the molecule is COc1ccc(CC(=O)Nc2ccc(N3CCC(C)CC3)c(C(=O)NC(C)C)c2)cc1. The molecule has 0 atom stereocenters. The number of methoxy groups -OCH3 is 1. The van der Waals surface area contributed by atoms with Gasteiger partial charge in [-0.3, -0.25) is 9.59 Å². The van der Waals surface area contributed by atoms with Crippen LogP contribution in [0.5, 0.6) is 5.75 Å². The van der Waals surface area contributed by atoms with Crippen molar-refractivity contribution in [1.82, 2.24) is 5.32 Å². The molecule has 2 amide bonds. The number of hydrogen-bond donors (Lipinski definition) is 2. The van der Waals surface area contributed by atoms with Crippen molar-refractivity contribution < 1.29 is 14.3 Å². The zero-order chi connectivity index (χ0) is 22.4. The molecule has 1 heterocycles. The van der Waals surface area contributed by atoms with Gasteiger partial charge in [0.25, 0.3) is 5.91 Å². The summed E-state index contributed by atoms with van der Waals surface area (Å²) in [4.78, 5) is 27.8. The number of amides is 2. The van der Waals surface area contributed by atoms with E-state index in [9.17, 15) is 9.59 Å². The van der Waals surface area contributed by atoms with Crippen LogP contribution in [0.2, 0.25) is 0 Å². The number of nitrogens with one attached hydrogen (secondary N) is 2. The van der Waals surface area contributed by atoms with Crippen molar-refractivity contribution in [2.75, 3.05) is 30.4 Å². The maximum Gasteiger partial charge on any atom is 0.253 e. The fourth-order valence-electron chi connectivity index (χ4n) is 3.79. The lowest BCUT2D eigenvalue weighted by atomic mass is 9.97. The Morgan fingerprint density at radius 1 is 1.10 bits per heavy atom. The Morgan fingerprint density at radius 3 is 2.39 bits per heavy atom. The van der Waals surface area contributed by atoms with E-state index < -0.39 is 0 Å². The zero-order valence-electron chi connectivity index (χ0n) is 18.9. The Balaban J connectivity index is 1.76. The highest BCUT2D eigenvalue weighted by Gasteiger charge is 2.22. The van der Waals surface area contributed by atoms with Gasteiger partial charge >= 0.3 is 0 Å². The standard InChI is InChI=1S/C25H33N3O3/c1-17(2)26-25(30)22-16-20(7-10-23(22)28-13-11-18(3)12-14-28)27-24(29)15-19-5-8-21(31-4)9-6-19/h5-10,16-18H,11-15H2,1-4H3,(H,26,30)(H,27,29). The second kappa shape index (κ2) is 10.3. The molecule has 2 aromatic carbocycles. The van der Waals surface area contributed by atoms with Gasteiger partial charge in [0.15, 0.2) is 0 Å². The third-order valence-corrected chi connectivity index (χ3v) is 5.59. The van der Waals surface area contributed by atoms with Crippen molar-refractivity contribution in [3.05, 3.63) is 53.6 Å². The van der Waals surface area contributed by atoms with Gasteiger partial charge in [-0.2, -0.15) is 0 Å². The van der Waals surface area contributed by atoms with Crippen LogP contribution in [0, 0.1) is 5.92 Å². The van der Waals surface area contributed by atoms with Gasteiger partial charge in [-0.05, 0) is 68.5 Å². The van der Waals surface area contributed by atoms with Gasteiger partial charge in [0.05, 0.1) is 19.1 Å². The van der Waals surface area contributed by atoms with Gasteiger partial charge in [-0.1, -0.05) is 19.1 Å². The summed E-state index contributed by atoms with van der Waals surface area (Å²) in [6.45, 7) is 8.03. The fourth-order valence-corrected chi connectivity index (χ4v) is 3.79. The number of piperidine rings is 1. The minimum atomic E-state index is -0.125. The van der Waals surface area contributed by atoms with Gasteiger partial charge in [0.2, 0.25) is 5.91 Å². The van der Waals surface area contributed by atoms with Crippen LogP contribution in [0.1, 0.15) is 49.5 Å². The molecule has 0 spiro atoms. The Labute approximate surface area is 185 Å². The van der Waals surface area contributed by atoms with Crippen LogP contribution in [0.4, 0.5) is 11.4 Å². The van der Waals surface area contributed by atoms with Crippen molar-refractivity contribution >= 4 is 23.2 Å².